The van der Waals surface area contributed by atoms with Gasteiger partial charge in [0.15, 0.2) is 5.78 Å². The van der Waals surface area contributed by atoms with E-state index >= 15 is 0 Å². The van der Waals surface area contributed by atoms with Crippen LogP contribution in [0.15, 0.2) is 24.2 Å². The lowest BCUT2D eigenvalue weighted by molar-refractivity contribution is 0.101. The van der Waals surface area contributed by atoms with Crippen molar-refractivity contribution in [2.24, 2.45) is 0 Å². The summed E-state index contributed by atoms with van der Waals surface area (Å²) >= 11 is 0. The molecule has 3 heteroatoms. The standard InChI is InChI=1S/C12H16N2O/c1-10(15)11-2-4-12(5-3-11)14-8-6-13-7-9-14/h2-5,13H,6-9H2,1H3/i1D3,2D,3D,4D,5D. The van der Waals surface area contributed by atoms with E-state index in [1.807, 2.05) is 0 Å². The fraction of sp³-hybridized carbons (Fsp3) is 0.417. The van der Waals surface area contributed by atoms with E-state index in [-0.39, 0.29) is 17.8 Å². The number of nitrogens with zero attached hydrogens (tertiary/aromatic N) is 1. The third kappa shape index (κ3) is 2.36. The molecule has 0 unspecified atom stereocenters. The maximum atomic E-state index is 11.9. The first-order chi connectivity index (χ1) is 10.2. The van der Waals surface area contributed by atoms with Crippen LogP contribution in [0.3, 0.4) is 0 Å². The molecule has 1 heterocycles. The van der Waals surface area contributed by atoms with Crippen LogP contribution in [-0.2, 0) is 0 Å². The van der Waals surface area contributed by atoms with Crippen molar-refractivity contribution in [2.45, 2.75) is 6.85 Å². The SMILES string of the molecule is [2H]c1c([2H])c(N2CCNCC2)c([2H])c([2H])c1C(=O)C([2H])([2H])[2H]. The summed E-state index contributed by atoms with van der Waals surface area (Å²) in [4.78, 5) is 13.6. The van der Waals surface area contributed by atoms with E-state index in [1.165, 1.54) is 0 Å². The second-order valence-corrected chi connectivity index (χ2v) is 3.29. The quantitative estimate of drug-likeness (QED) is 0.748. The maximum absolute atomic E-state index is 11.9. The fourth-order valence-corrected chi connectivity index (χ4v) is 1.47. The number of ketones is 1. The number of Topliss-reactive ketones (excluding diaryl/α,β-unsaturated/α-hetero) is 1. The van der Waals surface area contributed by atoms with Crippen molar-refractivity contribution in [1.82, 2.24) is 5.32 Å². The number of benzene rings is 1. The topological polar surface area (TPSA) is 32.3 Å². The molecule has 0 amide bonds. The first-order valence-electron chi connectivity index (χ1n) is 8.27. The van der Waals surface area contributed by atoms with Gasteiger partial charge in [-0.2, -0.15) is 0 Å². The minimum Gasteiger partial charge on any atom is -0.369 e. The molecule has 0 atom stereocenters. The highest BCUT2D eigenvalue weighted by molar-refractivity contribution is 5.94. The molecular formula is C12H16N2O. The summed E-state index contributed by atoms with van der Waals surface area (Å²) in [5, 5.41) is 3.12. The molecular weight excluding hydrogens is 188 g/mol. The molecule has 15 heavy (non-hydrogen) atoms. The van der Waals surface area contributed by atoms with Crippen molar-refractivity contribution in [1.29, 1.82) is 0 Å². The van der Waals surface area contributed by atoms with E-state index < -0.39 is 30.3 Å². The molecule has 0 saturated carbocycles. The summed E-state index contributed by atoms with van der Waals surface area (Å²) in [6.45, 7) is -0.668. The Hall–Kier alpha value is -1.35. The van der Waals surface area contributed by atoms with Gasteiger partial charge in [0.1, 0.15) is 0 Å². The lowest BCUT2D eigenvalue weighted by Gasteiger charge is -2.29. The van der Waals surface area contributed by atoms with Gasteiger partial charge in [-0.25, -0.2) is 0 Å². The van der Waals surface area contributed by atoms with Crippen LogP contribution < -0.4 is 10.2 Å². The van der Waals surface area contributed by atoms with Crippen molar-refractivity contribution in [3.63, 3.8) is 0 Å². The number of carbonyl (C=O) groups is 1. The highest BCUT2D eigenvalue weighted by Gasteiger charge is 2.10. The zero-order valence-electron chi connectivity index (χ0n) is 15.2. The molecule has 1 aliphatic heterocycles. The van der Waals surface area contributed by atoms with Crippen molar-refractivity contribution >= 4 is 11.5 Å². The lowest BCUT2D eigenvalue weighted by Crippen LogP contribution is -2.43. The molecule has 1 aromatic rings. The van der Waals surface area contributed by atoms with Crippen LogP contribution in [0.2, 0.25) is 0 Å². The van der Waals surface area contributed by atoms with E-state index in [1.54, 1.807) is 4.90 Å². The average Bonchev–Trinajstić information content (AvgIpc) is 2.46. The van der Waals surface area contributed by atoms with Gasteiger partial charge >= 0.3 is 0 Å². The Morgan fingerprint density at radius 2 is 2.07 bits per heavy atom. The maximum Gasteiger partial charge on any atom is 0.159 e. The molecule has 80 valence electrons. The van der Waals surface area contributed by atoms with E-state index in [2.05, 4.69) is 5.32 Å². The smallest absolute Gasteiger partial charge is 0.159 e. The Kier molecular flexibility index (Phi) is 1.38. The van der Waals surface area contributed by atoms with Crippen LogP contribution in [0.4, 0.5) is 5.69 Å². The predicted molar refractivity (Wildman–Crippen MR) is 61.5 cm³/mol. The predicted octanol–water partition coefficient (Wildman–Crippen LogP) is 1.30. The summed E-state index contributed by atoms with van der Waals surface area (Å²) in [5.41, 5.74) is -0.563. The van der Waals surface area contributed by atoms with E-state index in [0.29, 0.717) is 26.2 Å². The monoisotopic (exact) mass is 211 g/mol. The van der Waals surface area contributed by atoms with Crippen molar-refractivity contribution in [3.05, 3.63) is 29.7 Å². The molecule has 1 aliphatic rings. The summed E-state index contributed by atoms with van der Waals surface area (Å²) in [6, 6.07) is -1.96. The van der Waals surface area contributed by atoms with Gasteiger partial charge in [0.2, 0.25) is 0 Å². The third-order valence-corrected chi connectivity index (χ3v) is 2.27. The number of rotatable bonds is 2. The molecule has 1 saturated heterocycles. The number of hydrogen-bond acceptors (Lipinski definition) is 3. The van der Waals surface area contributed by atoms with E-state index in [4.69, 9.17) is 9.60 Å². The molecule has 0 spiro atoms. The van der Waals surface area contributed by atoms with Crippen molar-refractivity contribution < 1.29 is 14.4 Å². The first kappa shape index (κ1) is 4.66. The van der Waals surface area contributed by atoms with Crippen LogP contribution in [-0.4, -0.2) is 32.0 Å². The summed E-state index contributed by atoms with van der Waals surface area (Å²) in [7, 11) is 0. The molecule has 1 N–H and O–H groups in total. The molecule has 3 nitrogen and oxygen atoms in total. The number of carbonyl (C=O) groups excluding carboxylic acids is 1. The van der Waals surface area contributed by atoms with Crippen molar-refractivity contribution in [2.75, 3.05) is 31.1 Å². The summed E-state index contributed by atoms with van der Waals surface area (Å²) < 4.78 is 53.2. The molecule has 0 bridgehead atoms. The number of piperazine rings is 1. The summed E-state index contributed by atoms with van der Waals surface area (Å²) in [6.07, 6.45) is 0. The van der Waals surface area contributed by atoms with Gasteiger partial charge in [0.05, 0.1) is 5.48 Å². The molecule has 0 radical (unpaired) electrons. The first-order valence-corrected chi connectivity index (χ1v) is 4.77. The van der Waals surface area contributed by atoms with Gasteiger partial charge in [-0.3, -0.25) is 4.79 Å². The van der Waals surface area contributed by atoms with Gasteiger partial charge < -0.3 is 10.2 Å². The van der Waals surface area contributed by atoms with Crippen LogP contribution in [0, 0.1) is 0 Å². The van der Waals surface area contributed by atoms with Crippen LogP contribution in [0.5, 0.6) is 0 Å². The third-order valence-electron chi connectivity index (χ3n) is 2.27. The Bertz CT molecular complexity index is 579. The Balaban J connectivity index is 2.60. The summed E-state index contributed by atoms with van der Waals surface area (Å²) in [5.74, 6) is -1.36. The minimum absolute atomic E-state index is 0.110. The van der Waals surface area contributed by atoms with E-state index in [9.17, 15) is 4.79 Å². The number of nitrogens with one attached hydrogen (secondary N) is 1. The molecule has 0 aliphatic carbocycles. The average molecular weight is 211 g/mol. The Morgan fingerprint density at radius 1 is 1.40 bits per heavy atom. The van der Waals surface area contributed by atoms with E-state index in [0.717, 1.165) is 0 Å². The zero-order valence-corrected chi connectivity index (χ0v) is 8.18. The molecule has 0 aromatic heterocycles. The zero-order chi connectivity index (χ0) is 16.7. The second-order valence-electron chi connectivity index (χ2n) is 3.29. The minimum atomic E-state index is -3.00. The fourth-order valence-electron chi connectivity index (χ4n) is 1.47. The lowest BCUT2D eigenvalue weighted by atomic mass is 10.1. The van der Waals surface area contributed by atoms with Gasteiger partial charge in [-0.1, -0.05) is 0 Å². The van der Waals surface area contributed by atoms with Crippen LogP contribution >= 0.6 is 0 Å². The molecule has 1 fully saturated rings. The normalized spacial score (nSPS) is 24.0. The Labute approximate surface area is 99.9 Å². The highest BCUT2D eigenvalue weighted by atomic mass is 16.1. The second kappa shape index (κ2) is 4.45. The van der Waals surface area contributed by atoms with Gasteiger partial charge in [0.25, 0.3) is 0 Å². The molecule has 1 aromatic carbocycles. The largest absolute Gasteiger partial charge is 0.369 e. The van der Waals surface area contributed by atoms with Gasteiger partial charge in [-0.15, -0.1) is 0 Å². The highest BCUT2D eigenvalue weighted by Crippen LogP contribution is 2.15. The van der Waals surface area contributed by atoms with Crippen LogP contribution in [0.1, 0.15) is 26.8 Å². The number of anilines is 1. The van der Waals surface area contributed by atoms with Crippen LogP contribution in [0.25, 0.3) is 0 Å². The van der Waals surface area contributed by atoms with Gasteiger partial charge in [-0.05, 0) is 31.0 Å². The Morgan fingerprint density at radius 3 is 2.67 bits per heavy atom. The van der Waals surface area contributed by atoms with Crippen molar-refractivity contribution in [3.8, 4) is 0 Å². The van der Waals surface area contributed by atoms with Gasteiger partial charge in [0, 0.05) is 41.5 Å². The number of hydrogen-bond donors (Lipinski definition) is 1. The molecule has 2 rings (SSSR count).